The Morgan fingerprint density at radius 3 is 2.59 bits per heavy atom. The maximum absolute atomic E-state index is 13.0. The van der Waals surface area contributed by atoms with Crippen molar-refractivity contribution < 1.29 is 9.53 Å². The molecule has 0 aliphatic carbocycles. The van der Waals surface area contributed by atoms with Crippen LogP contribution in [0, 0.1) is 0 Å². The number of hydrogen-bond acceptors (Lipinski definition) is 6. The monoisotopic (exact) mass is 412 g/mol. The third-order valence-electron chi connectivity index (χ3n) is 4.62. The third kappa shape index (κ3) is 3.27. The first-order chi connectivity index (χ1) is 14.0. The zero-order chi connectivity index (χ0) is 20.5. The molecule has 4 rings (SSSR count). The second kappa shape index (κ2) is 7.67. The predicted octanol–water partition coefficient (Wildman–Crippen LogP) is 2.56. The van der Waals surface area contributed by atoms with E-state index in [1.54, 1.807) is 35.7 Å². The molecular formula is C20H20N4O4S. The van der Waals surface area contributed by atoms with Crippen molar-refractivity contribution in [2.75, 3.05) is 6.61 Å². The third-order valence-corrected chi connectivity index (χ3v) is 5.51. The van der Waals surface area contributed by atoms with E-state index in [9.17, 15) is 14.4 Å². The number of benzene rings is 1. The molecule has 0 saturated carbocycles. The number of Topliss-reactive ketones (excluding diaryl/α,β-unsaturated/α-hetero) is 1. The van der Waals surface area contributed by atoms with E-state index in [0.29, 0.717) is 34.7 Å². The van der Waals surface area contributed by atoms with Gasteiger partial charge in [0.15, 0.2) is 5.78 Å². The molecule has 0 radical (unpaired) electrons. The van der Waals surface area contributed by atoms with Gasteiger partial charge in [-0.3, -0.25) is 14.2 Å². The fourth-order valence-electron chi connectivity index (χ4n) is 3.29. The molecule has 0 aliphatic rings. The Balaban J connectivity index is 1.77. The van der Waals surface area contributed by atoms with Crippen molar-refractivity contribution in [2.45, 2.75) is 33.4 Å². The van der Waals surface area contributed by atoms with Crippen molar-refractivity contribution in [2.24, 2.45) is 0 Å². The largest absolute Gasteiger partial charge is 0.494 e. The molecule has 0 spiro atoms. The van der Waals surface area contributed by atoms with Crippen LogP contribution < -0.4 is 16.0 Å². The van der Waals surface area contributed by atoms with Gasteiger partial charge in [0.2, 0.25) is 5.78 Å². The summed E-state index contributed by atoms with van der Waals surface area (Å²) in [6, 6.07) is 8.50. The smallest absolute Gasteiger partial charge is 0.352 e. The van der Waals surface area contributed by atoms with Crippen molar-refractivity contribution in [3.8, 4) is 5.75 Å². The summed E-state index contributed by atoms with van der Waals surface area (Å²) in [6.45, 7) is 4.61. The Morgan fingerprint density at radius 2 is 1.90 bits per heavy atom. The number of rotatable bonds is 7. The van der Waals surface area contributed by atoms with Gasteiger partial charge in [0.1, 0.15) is 17.0 Å². The van der Waals surface area contributed by atoms with Gasteiger partial charge in [-0.25, -0.2) is 13.9 Å². The molecule has 0 atom stereocenters. The average molecular weight is 412 g/mol. The van der Waals surface area contributed by atoms with Crippen molar-refractivity contribution in [3.63, 3.8) is 0 Å². The molecule has 0 aliphatic heterocycles. The van der Waals surface area contributed by atoms with Gasteiger partial charge in [0.25, 0.3) is 5.56 Å². The lowest BCUT2D eigenvalue weighted by atomic mass is 10.1. The van der Waals surface area contributed by atoms with Crippen LogP contribution in [-0.4, -0.2) is 31.1 Å². The van der Waals surface area contributed by atoms with Crippen LogP contribution >= 0.6 is 11.3 Å². The normalized spacial score (nSPS) is 11.4. The number of fused-ring (bicyclic) bond motifs is 3. The van der Waals surface area contributed by atoms with Gasteiger partial charge >= 0.3 is 5.69 Å². The van der Waals surface area contributed by atoms with Crippen LogP contribution in [0.5, 0.6) is 5.75 Å². The second-order valence-corrected chi connectivity index (χ2v) is 7.46. The van der Waals surface area contributed by atoms with Gasteiger partial charge in [-0.15, -0.1) is 16.4 Å². The van der Waals surface area contributed by atoms with E-state index in [1.165, 1.54) is 20.3 Å². The van der Waals surface area contributed by atoms with E-state index in [1.807, 2.05) is 13.8 Å². The number of carbonyl (C=O) groups excluding carboxylic acids is 1. The maximum atomic E-state index is 13.0. The minimum atomic E-state index is -0.437. The zero-order valence-corrected chi connectivity index (χ0v) is 16.9. The summed E-state index contributed by atoms with van der Waals surface area (Å²) < 4.78 is 9.92. The van der Waals surface area contributed by atoms with Crippen molar-refractivity contribution in [1.82, 2.24) is 18.7 Å². The summed E-state index contributed by atoms with van der Waals surface area (Å²) in [4.78, 5) is 38.5. The first-order valence-electron chi connectivity index (χ1n) is 9.40. The first-order valence-corrected chi connectivity index (χ1v) is 10.3. The number of carbonyl (C=O) groups is 1. The highest BCUT2D eigenvalue weighted by Gasteiger charge is 2.19. The highest BCUT2D eigenvalue weighted by Crippen LogP contribution is 2.17. The van der Waals surface area contributed by atoms with E-state index >= 15 is 0 Å². The van der Waals surface area contributed by atoms with Crippen LogP contribution in [0.25, 0.3) is 16.0 Å². The van der Waals surface area contributed by atoms with E-state index in [2.05, 4.69) is 5.10 Å². The van der Waals surface area contributed by atoms with Crippen molar-refractivity contribution in [3.05, 3.63) is 62.1 Å². The molecule has 9 heteroatoms. The molecule has 0 saturated heterocycles. The van der Waals surface area contributed by atoms with Crippen LogP contribution in [-0.2, 0) is 13.1 Å². The SMILES string of the molecule is CCCn1c(=O)c2sccc2n2c(=O)n(CC(=O)c3ccc(OCC)cc3)nc12. The van der Waals surface area contributed by atoms with Crippen molar-refractivity contribution in [1.29, 1.82) is 0 Å². The van der Waals surface area contributed by atoms with E-state index < -0.39 is 5.69 Å². The summed E-state index contributed by atoms with van der Waals surface area (Å²) in [5.74, 6) is 0.689. The predicted molar refractivity (Wildman–Crippen MR) is 111 cm³/mol. The van der Waals surface area contributed by atoms with E-state index in [-0.39, 0.29) is 23.7 Å². The first kappa shape index (κ1) is 19.1. The average Bonchev–Trinajstić information content (AvgIpc) is 3.31. The summed E-state index contributed by atoms with van der Waals surface area (Å²) >= 11 is 1.29. The van der Waals surface area contributed by atoms with Gasteiger partial charge in [0, 0.05) is 12.1 Å². The summed E-state index contributed by atoms with van der Waals surface area (Å²) in [6.07, 6.45) is 0.721. The lowest BCUT2D eigenvalue weighted by Crippen LogP contribution is -2.27. The summed E-state index contributed by atoms with van der Waals surface area (Å²) in [5.41, 5.74) is 0.378. The van der Waals surface area contributed by atoms with E-state index in [4.69, 9.17) is 4.74 Å². The standard InChI is InChI=1S/C20H20N4O4S/c1-3-10-22-18(26)17-15(9-11-29-17)24-19(22)21-23(20(24)27)12-16(25)13-5-7-14(8-6-13)28-4-2/h5-9,11H,3-4,10,12H2,1-2H3. The number of nitrogens with zero attached hydrogens (tertiary/aromatic N) is 4. The highest BCUT2D eigenvalue weighted by atomic mass is 32.1. The minimum absolute atomic E-state index is 0.167. The summed E-state index contributed by atoms with van der Waals surface area (Å²) in [5, 5.41) is 6.10. The quantitative estimate of drug-likeness (QED) is 0.436. The molecule has 0 bridgehead atoms. The number of ketones is 1. The number of aryl methyl sites for hydroxylation is 1. The van der Waals surface area contributed by atoms with Crippen LogP contribution in [0.4, 0.5) is 0 Å². The molecule has 0 unspecified atom stereocenters. The topological polar surface area (TPSA) is 87.6 Å². The fourth-order valence-corrected chi connectivity index (χ4v) is 4.12. The molecule has 3 aromatic heterocycles. The number of ether oxygens (including phenoxy) is 1. The molecule has 150 valence electrons. The van der Waals surface area contributed by atoms with Crippen LogP contribution in [0.15, 0.2) is 45.3 Å². The van der Waals surface area contributed by atoms with Gasteiger partial charge in [0.05, 0.1) is 12.1 Å². The number of aromatic nitrogens is 4. The number of hydrogen-bond donors (Lipinski definition) is 0. The summed E-state index contributed by atoms with van der Waals surface area (Å²) in [7, 11) is 0. The molecule has 0 amide bonds. The molecule has 4 aromatic rings. The molecule has 29 heavy (non-hydrogen) atoms. The minimum Gasteiger partial charge on any atom is -0.494 e. The lowest BCUT2D eigenvalue weighted by molar-refractivity contribution is 0.0966. The molecule has 1 aromatic carbocycles. The zero-order valence-electron chi connectivity index (χ0n) is 16.1. The molecule has 0 fully saturated rings. The second-order valence-electron chi connectivity index (χ2n) is 6.55. The Labute approximate surface area is 169 Å². The van der Waals surface area contributed by atoms with Crippen LogP contribution in [0.1, 0.15) is 30.6 Å². The Morgan fingerprint density at radius 1 is 1.14 bits per heavy atom. The van der Waals surface area contributed by atoms with Crippen LogP contribution in [0.2, 0.25) is 0 Å². The van der Waals surface area contributed by atoms with E-state index in [0.717, 1.165) is 11.1 Å². The van der Waals surface area contributed by atoms with Gasteiger partial charge in [-0.2, -0.15) is 0 Å². The Kier molecular flexibility index (Phi) is 5.06. The maximum Gasteiger partial charge on any atom is 0.352 e. The number of thiophene rings is 1. The fraction of sp³-hybridized carbons (Fsp3) is 0.300. The molecule has 3 heterocycles. The molecule has 0 N–H and O–H groups in total. The van der Waals surface area contributed by atoms with Crippen molar-refractivity contribution >= 4 is 33.1 Å². The lowest BCUT2D eigenvalue weighted by Gasteiger charge is -2.05. The van der Waals surface area contributed by atoms with Gasteiger partial charge < -0.3 is 4.74 Å². The van der Waals surface area contributed by atoms with Gasteiger partial charge in [-0.1, -0.05) is 6.92 Å². The highest BCUT2D eigenvalue weighted by molar-refractivity contribution is 7.17. The van der Waals surface area contributed by atoms with Gasteiger partial charge in [-0.05, 0) is 49.1 Å². The Hall–Kier alpha value is -3.20. The Bertz CT molecular complexity index is 1310. The van der Waals surface area contributed by atoms with Crippen LogP contribution in [0.3, 0.4) is 0 Å². The molecular weight excluding hydrogens is 392 g/mol. The molecule has 8 nitrogen and oxygen atoms in total.